The molecule has 7 nitrogen and oxygen atoms in total. The largest absolute Gasteiger partial charge is 0.469 e. The highest BCUT2D eigenvalue weighted by Crippen LogP contribution is 2.11. The van der Waals surface area contributed by atoms with Gasteiger partial charge in [0.15, 0.2) is 5.96 Å². The first-order valence-corrected chi connectivity index (χ1v) is 8.04. The summed E-state index contributed by atoms with van der Waals surface area (Å²) < 4.78 is 15.7. The lowest BCUT2D eigenvalue weighted by Gasteiger charge is -2.11. The van der Waals surface area contributed by atoms with Gasteiger partial charge in [0.25, 0.3) is 0 Å². The summed E-state index contributed by atoms with van der Waals surface area (Å²) in [7, 11) is 1.39. The van der Waals surface area contributed by atoms with Gasteiger partial charge < -0.3 is 24.8 Å². The van der Waals surface area contributed by atoms with Gasteiger partial charge in [0, 0.05) is 32.8 Å². The molecular weight excluding hydrogens is 413 g/mol. The number of hydrogen-bond donors (Lipinski definition) is 2. The number of halogens is 1. The van der Waals surface area contributed by atoms with Crippen molar-refractivity contribution in [3.05, 3.63) is 0 Å². The predicted molar refractivity (Wildman–Crippen MR) is 100 cm³/mol. The molecule has 1 aliphatic rings. The Morgan fingerprint density at radius 2 is 2.22 bits per heavy atom. The number of aliphatic imine (C=N–C) groups is 1. The second-order valence-electron chi connectivity index (χ2n) is 5.08. The molecule has 0 aromatic rings. The Morgan fingerprint density at radius 3 is 2.87 bits per heavy atom. The summed E-state index contributed by atoms with van der Waals surface area (Å²) >= 11 is 0. The van der Waals surface area contributed by atoms with Crippen molar-refractivity contribution in [2.75, 3.05) is 46.6 Å². The highest BCUT2D eigenvalue weighted by atomic mass is 127. The molecular formula is C15H30IN3O4. The number of methoxy groups -OCH3 is 1. The lowest BCUT2D eigenvalue weighted by molar-refractivity contribution is -0.140. The minimum absolute atomic E-state index is 0. The van der Waals surface area contributed by atoms with Gasteiger partial charge in [0.2, 0.25) is 0 Å². The van der Waals surface area contributed by atoms with Crippen molar-refractivity contribution in [1.29, 1.82) is 0 Å². The van der Waals surface area contributed by atoms with Crippen LogP contribution in [0.1, 0.15) is 32.6 Å². The summed E-state index contributed by atoms with van der Waals surface area (Å²) in [5, 5.41) is 6.23. The summed E-state index contributed by atoms with van der Waals surface area (Å²) in [6, 6.07) is 0. The molecule has 0 aromatic heterocycles. The normalized spacial score (nSPS) is 17.5. The van der Waals surface area contributed by atoms with Crippen LogP contribution in [0.15, 0.2) is 4.99 Å². The van der Waals surface area contributed by atoms with E-state index in [2.05, 4.69) is 20.4 Å². The molecule has 0 aromatic carbocycles. The fourth-order valence-electron chi connectivity index (χ4n) is 2.07. The Balaban J connectivity index is 0.00000484. The highest BCUT2D eigenvalue weighted by molar-refractivity contribution is 14.0. The Morgan fingerprint density at radius 1 is 1.39 bits per heavy atom. The standard InChI is InChI=1S/C15H29N3O4.HI/c1-3-16-15(18-9-7-14(19)20-2)17-8-5-10-21-12-13-6-4-11-22-13;/h13H,3-12H2,1-2H3,(H2,16,17,18);1H. The zero-order valence-corrected chi connectivity index (χ0v) is 16.5. The first-order valence-electron chi connectivity index (χ1n) is 8.04. The van der Waals surface area contributed by atoms with Crippen LogP contribution >= 0.6 is 24.0 Å². The molecule has 0 aliphatic carbocycles. The Labute approximate surface area is 155 Å². The Hall–Kier alpha value is -0.610. The fourth-order valence-corrected chi connectivity index (χ4v) is 2.07. The van der Waals surface area contributed by atoms with E-state index in [9.17, 15) is 4.79 Å². The third-order valence-corrected chi connectivity index (χ3v) is 3.24. The third-order valence-electron chi connectivity index (χ3n) is 3.24. The van der Waals surface area contributed by atoms with Crippen LogP contribution in [0, 0.1) is 0 Å². The number of esters is 1. The summed E-state index contributed by atoms with van der Waals surface area (Å²) in [6.45, 7) is 6.20. The van der Waals surface area contributed by atoms with Crippen LogP contribution in [0.3, 0.4) is 0 Å². The molecule has 1 aliphatic heterocycles. The lowest BCUT2D eigenvalue weighted by atomic mass is 10.2. The smallest absolute Gasteiger partial charge is 0.307 e. The van der Waals surface area contributed by atoms with Gasteiger partial charge >= 0.3 is 5.97 Å². The van der Waals surface area contributed by atoms with Crippen LogP contribution in [-0.4, -0.2) is 64.6 Å². The summed E-state index contributed by atoms with van der Waals surface area (Å²) in [6.07, 6.45) is 3.71. The van der Waals surface area contributed by atoms with E-state index in [1.165, 1.54) is 7.11 Å². The first-order chi connectivity index (χ1) is 10.8. The molecule has 2 N–H and O–H groups in total. The van der Waals surface area contributed by atoms with Crippen LogP contribution in [0.25, 0.3) is 0 Å². The van der Waals surface area contributed by atoms with E-state index in [-0.39, 0.29) is 36.0 Å². The lowest BCUT2D eigenvalue weighted by Crippen LogP contribution is -2.38. The fraction of sp³-hybridized carbons (Fsp3) is 0.867. The zero-order chi connectivity index (χ0) is 16.0. The molecule has 136 valence electrons. The van der Waals surface area contributed by atoms with E-state index < -0.39 is 0 Å². The molecule has 8 heteroatoms. The predicted octanol–water partition coefficient (Wildman–Crippen LogP) is 1.31. The molecule has 1 heterocycles. The molecule has 1 rings (SSSR count). The van der Waals surface area contributed by atoms with Crippen LogP contribution < -0.4 is 10.6 Å². The van der Waals surface area contributed by atoms with E-state index in [0.29, 0.717) is 38.7 Å². The molecule has 0 spiro atoms. The maximum absolute atomic E-state index is 11.0. The maximum atomic E-state index is 11.0. The average molecular weight is 443 g/mol. The number of nitrogens with one attached hydrogen (secondary N) is 2. The van der Waals surface area contributed by atoms with Crippen LogP contribution in [0.5, 0.6) is 0 Å². The second-order valence-corrected chi connectivity index (χ2v) is 5.08. The first kappa shape index (κ1) is 22.4. The Kier molecular flexibility index (Phi) is 14.6. The third kappa shape index (κ3) is 11.5. The van der Waals surface area contributed by atoms with Crippen molar-refractivity contribution < 1.29 is 19.0 Å². The van der Waals surface area contributed by atoms with Crippen molar-refractivity contribution in [2.45, 2.75) is 38.7 Å². The summed E-state index contributed by atoms with van der Waals surface area (Å²) in [5.74, 6) is 0.483. The SMILES string of the molecule is CCNC(=NCCCOCC1CCCO1)NCCC(=O)OC.I. The van der Waals surface area contributed by atoms with Crippen molar-refractivity contribution in [3.8, 4) is 0 Å². The van der Waals surface area contributed by atoms with Gasteiger partial charge in [-0.25, -0.2) is 0 Å². The molecule has 1 fully saturated rings. The molecule has 0 radical (unpaired) electrons. The van der Waals surface area contributed by atoms with E-state index >= 15 is 0 Å². The van der Waals surface area contributed by atoms with Crippen molar-refractivity contribution in [2.24, 2.45) is 4.99 Å². The van der Waals surface area contributed by atoms with Gasteiger partial charge in [0.05, 0.1) is 26.2 Å². The topological polar surface area (TPSA) is 81.2 Å². The van der Waals surface area contributed by atoms with Crippen molar-refractivity contribution in [3.63, 3.8) is 0 Å². The minimum atomic E-state index is -0.231. The molecule has 1 saturated heterocycles. The number of guanidine groups is 1. The molecule has 1 unspecified atom stereocenters. The molecule has 0 bridgehead atoms. The van der Waals surface area contributed by atoms with Crippen molar-refractivity contribution in [1.82, 2.24) is 10.6 Å². The number of rotatable bonds is 10. The van der Waals surface area contributed by atoms with Crippen molar-refractivity contribution >= 4 is 35.9 Å². The Bertz CT molecular complexity index is 337. The van der Waals surface area contributed by atoms with Crippen LogP contribution in [-0.2, 0) is 19.0 Å². The number of carbonyl (C=O) groups excluding carboxylic acids is 1. The van der Waals surface area contributed by atoms with Gasteiger partial charge in [-0.3, -0.25) is 9.79 Å². The molecule has 0 saturated carbocycles. The van der Waals surface area contributed by atoms with E-state index in [0.717, 1.165) is 32.4 Å². The zero-order valence-electron chi connectivity index (χ0n) is 14.1. The molecule has 1 atom stereocenters. The van der Waals surface area contributed by atoms with E-state index in [1.54, 1.807) is 0 Å². The number of nitrogens with zero attached hydrogens (tertiary/aromatic N) is 1. The number of carbonyl (C=O) groups is 1. The highest BCUT2D eigenvalue weighted by Gasteiger charge is 2.14. The van der Waals surface area contributed by atoms with Gasteiger partial charge in [0.1, 0.15) is 0 Å². The molecule has 23 heavy (non-hydrogen) atoms. The van der Waals surface area contributed by atoms with E-state index in [4.69, 9.17) is 9.47 Å². The summed E-state index contributed by atoms with van der Waals surface area (Å²) in [4.78, 5) is 15.5. The van der Waals surface area contributed by atoms with Gasteiger partial charge in [-0.05, 0) is 26.2 Å². The second kappa shape index (κ2) is 14.9. The van der Waals surface area contributed by atoms with Gasteiger partial charge in [-0.15, -0.1) is 24.0 Å². The van der Waals surface area contributed by atoms with Crippen LogP contribution in [0.4, 0.5) is 0 Å². The van der Waals surface area contributed by atoms with E-state index in [1.807, 2.05) is 6.92 Å². The van der Waals surface area contributed by atoms with Gasteiger partial charge in [-0.1, -0.05) is 0 Å². The van der Waals surface area contributed by atoms with Crippen LogP contribution in [0.2, 0.25) is 0 Å². The molecule has 0 amide bonds. The maximum Gasteiger partial charge on any atom is 0.307 e. The number of ether oxygens (including phenoxy) is 3. The average Bonchev–Trinajstić information content (AvgIpc) is 3.03. The minimum Gasteiger partial charge on any atom is -0.469 e. The summed E-state index contributed by atoms with van der Waals surface area (Å²) in [5.41, 5.74) is 0. The van der Waals surface area contributed by atoms with Gasteiger partial charge in [-0.2, -0.15) is 0 Å². The monoisotopic (exact) mass is 443 g/mol. The quantitative estimate of drug-likeness (QED) is 0.174. The number of hydrogen-bond acceptors (Lipinski definition) is 5.